The topological polar surface area (TPSA) is 43.4 Å². The van der Waals surface area contributed by atoms with E-state index in [1.807, 2.05) is 36.4 Å². The zero-order valence-corrected chi connectivity index (χ0v) is 15.2. The van der Waals surface area contributed by atoms with Crippen LogP contribution in [0.3, 0.4) is 0 Å². The number of hydrogen-bond acceptors (Lipinski definition) is 3. The van der Waals surface area contributed by atoms with Crippen LogP contribution in [0.25, 0.3) is 10.8 Å². The molecule has 0 N–H and O–H groups in total. The molecule has 132 valence electrons. The highest BCUT2D eigenvalue weighted by molar-refractivity contribution is 6.43. The third-order valence-corrected chi connectivity index (χ3v) is 5.44. The van der Waals surface area contributed by atoms with E-state index in [1.54, 1.807) is 6.07 Å². The molecule has 2 aromatic rings. The van der Waals surface area contributed by atoms with E-state index < -0.39 is 11.8 Å². The first kappa shape index (κ1) is 17.7. The lowest BCUT2D eigenvalue weighted by Crippen LogP contribution is -2.37. The van der Waals surface area contributed by atoms with Gasteiger partial charge in [0.15, 0.2) is 0 Å². The number of benzene rings is 2. The van der Waals surface area contributed by atoms with Crippen LogP contribution < -0.4 is 0 Å². The fourth-order valence-corrected chi connectivity index (χ4v) is 3.97. The Bertz CT molecular complexity index is 772. The Hall–Kier alpha value is -2.16. The summed E-state index contributed by atoms with van der Waals surface area (Å²) in [6.45, 7) is 6.51. The summed E-state index contributed by atoms with van der Waals surface area (Å²) in [6.07, 6.45) is 2.90. The fourth-order valence-electron chi connectivity index (χ4n) is 3.97. The molecule has 0 bridgehead atoms. The first-order chi connectivity index (χ1) is 12.0. The minimum Gasteiger partial charge on any atom is -0.456 e. The van der Waals surface area contributed by atoms with Gasteiger partial charge >= 0.3 is 5.97 Å². The number of Topliss-reactive ketones (excluding diaryl/α,β-unsaturated/α-hetero) is 1. The highest BCUT2D eigenvalue weighted by Gasteiger charge is 2.35. The van der Waals surface area contributed by atoms with Gasteiger partial charge in [0, 0.05) is 5.56 Å². The predicted molar refractivity (Wildman–Crippen MR) is 99.5 cm³/mol. The molecule has 3 atom stereocenters. The van der Waals surface area contributed by atoms with Crippen LogP contribution in [0.4, 0.5) is 0 Å². The molecule has 1 saturated carbocycles. The molecule has 3 heteroatoms. The Balaban J connectivity index is 1.81. The lowest BCUT2D eigenvalue weighted by atomic mass is 9.75. The Labute approximate surface area is 149 Å². The monoisotopic (exact) mass is 338 g/mol. The summed E-state index contributed by atoms with van der Waals surface area (Å²) in [5.41, 5.74) is 0.424. The molecule has 3 nitrogen and oxygen atoms in total. The summed E-state index contributed by atoms with van der Waals surface area (Å²) >= 11 is 0. The van der Waals surface area contributed by atoms with Gasteiger partial charge in [0.05, 0.1) is 0 Å². The summed E-state index contributed by atoms with van der Waals surface area (Å²) in [6, 6.07) is 13.1. The van der Waals surface area contributed by atoms with Gasteiger partial charge < -0.3 is 4.74 Å². The second-order valence-electron chi connectivity index (χ2n) is 7.63. The van der Waals surface area contributed by atoms with Gasteiger partial charge in [-0.05, 0) is 41.4 Å². The summed E-state index contributed by atoms with van der Waals surface area (Å²) in [7, 11) is 0. The molecule has 0 aliphatic heterocycles. The van der Waals surface area contributed by atoms with Crippen LogP contribution in [0.1, 0.15) is 50.4 Å². The van der Waals surface area contributed by atoms with Crippen LogP contribution in [-0.2, 0) is 9.53 Å². The number of fused-ring (bicyclic) bond motifs is 1. The molecule has 0 amide bonds. The molecule has 0 radical (unpaired) electrons. The zero-order valence-electron chi connectivity index (χ0n) is 15.2. The molecule has 0 spiro atoms. The van der Waals surface area contributed by atoms with Gasteiger partial charge in [-0.15, -0.1) is 0 Å². The molecule has 0 heterocycles. The molecule has 1 aliphatic rings. The normalized spacial score (nSPS) is 23.6. The average molecular weight is 338 g/mol. The van der Waals surface area contributed by atoms with Crippen molar-refractivity contribution < 1.29 is 14.3 Å². The van der Waals surface area contributed by atoms with Gasteiger partial charge in [0.1, 0.15) is 6.10 Å². The minimum absolute atomic E-state index is 0.157. The van der Waals surface area contributed by atoms with E-state index in [-0.39, 0.29) is 6.10 Å². The van der Waals surface area contributed by atoms with Gasteiger partial charge in [0.2, 0.25) is 0 Å². The third kappa shape index (κ3) is 3.76. The number of ether oxygens (including phenoxy) is 1. The zero-order chi connectivity index (χ0) is 18.0. The van der Waals surface area contributed by atoms with Crippen molar-refractivity contribution >= 4 is 22.5 Å². The predicted octanol–water partition coefficient (Wildman–Crippen LogP) is 5.03. The van der Waals surface area contributed by atoms with E-state index in [0.717, 1.165) is 30.0 Å². The minimum atomic E-state index is -0.721. The highest BCUT2D eigenvalue weighted by Crippen LogP contribution is 2.35. The number of carbonyl (C=O) groups excluding carboxylic acids is 2. The Morgan fingerprint density at radius 3 is 2.52 bits per heavy atom. The van der Waals surface area contributed by atoms with E-state index in [9.17, 15) is 9.59 Å². The first-order valence-electron chi connectivity index (χ1n) is 9.20. The van der Waals surface area contributed by atoms with Crippen molar-refractivity contribution in [3.05, 3.63) is 48.0 Å². The Morgan fingerprint density at radius 1 is 1.04 bits per heavy atom. The smallest absolute Gasteiger partial charge is 0.379 e. The third-order valence-electron chi connectivity index (χ3n) is 5.44. The first-order valence-corrected chi connectivity index (χ1v) is 9.20. The molecule has 2 aromatic carbocycles. The van der Waals surface area contributed by atoms with Gasteiger partial charge in [-0.25, -0.2) is 4.79 Å². The van der Waals surface area contributed by atoms with Crippen LogP contribution in [0, 0.1) is 17.8 Å². The quantitative estimate of drug-likeness (QED) is 0.446. The number of esters is 1. The molecular weight excluding hydrogens is 312 g/mol. The average Bonchev–Trinajstić information content (AvgIpc) is 2.60. The van der Waals surface area contributed by atoms with Gasteiger partial charge in [0.25, 0.3) is 5.78 Å². The number of rotatable bonds is 4. The number of hydrogen-bond donors (Lipinski definition) is 0. The SMILES string of the molecule is CC(C)[C@@H]1CC[C@@H](C)C[C@H]1OC(=O)C(=O)c1cccc2ccccc12. The van der Waals surface area contributed by atoms with E-state index in [4.69, 9.17) is 4.74 Å². The summed E-state index contributed by atoms with van der Waals surface area (Å²) in [5, 5.41) is 1.75. The molecule has 1 fully saturated rings. The fraction of sp³-hybridized carbons (Fsp3) is 0.455. The number of ketones is 1. The van der Waals surface area contributed by atoms with Crippen LogP contribution >= 0.6 is 0 Å². The van der Waals surface area contributed by atoms with Crippen LogP contribution in [0.15, 0.2) is 42.5 Å². The number of carbonyl (C=O) groups is 2. The van der Waals surface area contributed by atoms with Crippen molar-refractivity contribution in [1.29, 1.82) is 0 Å². The van der Waals surface area contributed by atoms with Gasteiger partial charge in [-0.3, -0.25) is 4.79 Å². The van der Waals surface area contributed by atoms with Crippen molar-refractivity contribution in [2.24, 2.45) is 17.8 Å². The second kappa shape index (κ2) is 7.38. The standard InChI is InChI=1S/C22H26O3/c1-14(2)17-12-11-15(3)13-20(17)25-22(24)21(23)19-10-6-8-16-7-4-5-9-18(16)19/h4-10,14-15,17,20H,11-13H2,1-3H3/t15-,17+,20-/m1/s1. The molecule has 25 heavy (non-hydrogen) atoms. The molecule has 0 unspecified atom stereocenters. The summed E-state index contributed by atoms with van der Waals surface area (Å²) in [5.74, 6) is 0.0394. The summed E-state index contributed by atoms with van der Waals surface area (Å²) in [4.78, 5) is 25.3. The second-order valence-corrected chi connectivity index (χ2v) is 7.63. The molecule has 0 saturated heterocycles. The van der Waals surface area contributed by atoms with Gasteiger partial charge in [-0.1, -0.05) is 69.7 Å². The van der Waals surface area contributed by atoms with Crippen molar-refractivity contribution in [2.75, 3.05) is 0 Å². The van der Waals surface area contributed by atoms with E-state index >= 15 is 0 Å². The van der Waals surface area contributed by atoms with Crippen molar-refractivity contribution in [3.8, 4) is 0 Å². The van der Waals surface area contributed by atoms with Crippen LogP contribution in [-0.4, -0.2) is 17.9 Å². The maximum absolute atomic E-state index is 12.7. The van der Waals surface area contributed by atoms with Crippen molar-refractivity contribution in [1.82, 2.24) is 0 Å². The lowest BCUT2D eigenvalue weighted by Gasteiger charge is -2.36. The molecular formula is C22H26O3. The van der Waals surface area contributed by atoms with Crippen LogP contribution in [0.5, 0.6) is 0 Å². The van der Waals surface area contributed by atoms with E-state index in [2.05, 4.69) is 20.8 Å². The maximum atomic E-state index is 12.7. The largest absolute Gasteiger partial charge is 0.456 e. The van der Waals surface area contributed by atoms with Crippen molar-refractivity contribution in [3.63, 3.8) is 0 Å². The van der Waals surface area contributed by atoms with E-state index in [0.29, 0.717) is 23.3 Å². The molecule has 3 rings (SSSR count). The molecule has 1 aliphatic carbocycles. The van der Waals surface area contributed by atoms with E-state index in [1.165, 1.54) is 0 Å². The Kier molecular flexibility index (Phi) is 5.22. The Morgan fingerprint density at radius 2 is 1.76 bits per heavy atom. The molecule has 0 aromatic heterocycles. The van der Waals surface area contributed by atoms with Crippen molar-refractivity contribution in [2.45, 2.75) is 46.1 Å². The lowest BCUT2D eigenvalue weighted by molar-refractivity contribution is -0.149. The van der Waals surface area contributed by atoms with Gasteiger partial charge in [-0.2, -0.15) is 0 Å². The maximum Gasteiger partial charge on any atom is 0.379 e. The van der Waals surface area contributed by atoms with Crippen LogP contribution in [0.2, 0.25) is 0 Å². The summed E-state index contributed by atoms with van der Waals surface area (Å²) < 4.78 is 5.71. The highest BCUT2D eigenvalue weighted by atomic mass is 16.5.